The topological polar surface area (TPSA) is 65.0 Å². The Hall–Kier alpha value is -2.82. The molecule has 12 heteroatoms. The van der Waals surface area contributed by atoms with Crippen molar-refractivity contribution in [2.24, 2.45) is 5.16 Å². The molecule has 3 aromatic rings. The average Bonchev–Trinajstić information content (AvgIpc) is 3.18. The Bertz CT molecular complexity index is 1360. The van der Waals surface area contributed by atoms with Gasteiger partial charge in [0.1, 0.15) is 10.7 Å². The molecule has 1 atom stereocenters. The molecule has 1 aliphatic rings. The average molecular weight is 534 g/mol. The number of hydrogen-bond acceptors (Lipinski definition) is 5. The van der Waals surface area contributed by atoms with Gasteiger partial charge in [0.2, 0.25) is 0 Å². The van der Waals surface area contributed by atoms with E-state index in [1.165, 1.54) is 6.07 Å². The molecule has 1 unspecified atom stereocenters. The summed E-state index contributed by atoms with van der Waals surface area (Å²) in [4.78, 5) is 4.27. The molecular weight excluding hydrogens is 521 g/mol. The number of hydrogen-bond donors (Lipinski definition) is 0. The second kappa shape index (κ2) is 8.75. The van der Waals surface area contributed by atoms with Crippen LogP contribution in [0.4, 0.5) is 17.6 Å². The van der Waals surface area contributed by atoms with E-state index in [9.17, 15) is 26.0 Å². The molecular formula is C22H13Cl2F4NO4S. The van der Waals surface area contributed by atoms with Crippen molar-refractivity contribution in [2.45, 2.75) is 23.1 Å². The van der Waals surface area contributed by atoms with Crippen LogP contribution in [0.2, 0.25) is 10.0 Å². The van der Waals surface area contributed by atoms with E-state index in [-0.39, 0.29) is 15.6 Å². The fourth-order valence-electron chi connectivity index (χ4n) is 3.44. The summed E-state index contributed by atoms with van der Waals surface area (Å²) >= 11 is 11.7. The third-order valence-corrected chi connectivity index (χ3v) is 6.73. The van der Waals surface area contributed by atoms with Crippen LogP contribution >= 0.6 is 23.2 Å². The lowest BCUT2D eigenvalue weighted by molar-refractivity contribution is -0.275. The summed E-state index contributed by atoms with van der Waals surface area (Å²) in [5.41, 5.74) is -3.24. The third-order valence-electron chi connectivity index (χ3n) is 4.99. The first-order valence-electron chi connectivity index (χ1n) is 9.49. The molecule has 1 aliphatic heterocycles. The van der Waals surface area contributed by atoms with Gasteiger partial charge >= 0.3 is 16.3 Å². The molecule has 0 bridgehead atoms. The minimum Gasteiger partial charge on any atom is -0.371 e. The van der Waals surface area contributed by atoms with Crippen molar-refractivity contribution in [2.75, 3.05) is 0 Å². The molecule has 0 aliphatic carbocycles. The highest BCUT2D eigenvalue weighted by Gasteiger charge is 2.63. The molecule has 0 fully saturated rings. The lowest BCUT2D eigenvalue weighted by Gasteiger charge is -2.29. The number of oxime groups is 1. The van der Waals surface area contributed by atoms with Crippen molar-refractivity contribution >= 4 is 39.2 Å². The van der Waals surface area contributed by atoms with Crippen LogP contribution in [-0.4, -0.2) is 20.5 Å². The van der Waals surface area contributed by atoms with Crippen molar-refractivity contribution in [1.29, 1.82) is 0 Å². The van der Waals surface area contributed by atoms with Gasteiger partial charge in [0.15, 0.2) is 0 Å². The maximum Gasteiger partial charge on any atom is 0.435 e. The molecule has 4 rings (SSSR count). The summed E-state index contributed by atoms with van der Waals surface area (Å²) in [7, 11) is -4.73. The van der Waals surface area contributed by atoms with Gasteiger partial charge in [-0.15, -0.1) is 0 Å². The van der Waals surface area contributed by atoms with E-state index in [1.54, 1.807) is 30.3 Å². The van der Waals surface area contributed by atoms with Crippen molar-refractivity contribution in [3.8, 4) is 11.1 Å². The minimum atomic E-state index is -5.04. The number of alkyl halides is 3. The van der Waals surface area contributed by atoms with Gasteiger partial charge in [-0.25, -0.2) is 4.39 Å². The molecule has 34 heavy (non-hydrogen) atoms. The second-order valence-electron chi connectivity index (χ2n) is 7.28. The summed E-state index contributed by atoms with van der Waals surface area (Å²) in [5, 5.41) is 3.08. The largest absolute Gasteiger partial charge is 0.435 e. The predicted molar refractivity (Wildman–Crippen MR) is 117 cm³/mol. The van der Waals surface area contributed by atoms with E-state index >= 15 is 0 Å². The number of halogens is 6. The molecule has 0 radical (unpaired) electrons. The van der Waals surface area contributed by atoms with Crippen LogP contribution in [0.5, 0.6) is 0 Å². The summed E-state index contributed by atoms with van der Waals surface area (Å²) < 4.78 is 87.1. The zero-order valence-electron chi connectivity index (χ0n) is 16.8. The van der Waals surface area contributed by atoms with Gasteiger partial charge in [-0.05, 0) is 47.1 Å². The van der Waals surface area contributed by atoms with Crippen molar-refractivity contribution in [3.05, 3.63) is 88.2 Å². The Balaban J connectivity index is 1.69. The third kappa shape index (κ3) is 4.57. The van der Waals surface area contributed by atoms with Gasteiger partial charge in [0, 0.05) is 21.2 Å². The maximum absolute atomic E-state index is 14.1. The highest BCUT2D eigenvalue weighted by Crippen LogP contribution is 2.49. The van der Waals surface area contributed by atoms with E-state index in [2.05, 4.69) is 5.16 Å². The van der Waals surface area contributed by atoms with E-state index in [4.69, 9.17) is 32.2 Å². The summed E-state index contributed by atoms with van der Waals surface area (Å²) in [6.07, 6.45) is -6.14. The Morgan fingerprint density at radius 2 is 1.62 bits per heavy atom. The standard InChI is InChI=1S/C22H13Cl2F4NO4S/c23-15-8-14(9-16(24)10-15)21(22(26,27)28)12-20(29-33-21)32-34(30,31)19-7-6-17(25)11-18(19)13-4-2-1-3-5-13/h1-11H,12H2. The molecule has 5 nitrogen and oxygen atoms in total. The summed E-state index contributed by atoms with van der Waals surface area (Å²) in [5.74, 6) is -1.56. The van der Waals surface area contributed by atoms with Gasteiger partial charge in [0.25, 0.3) is 11.5 Å². The SMILES string of the molecule is O=S(=O)(OC1=NOC(c2cc(Cl)cc(Cl)c2)(C(F)(F)F)C1)c1ccc(F)cc1-c1ccccc1. The lowest BCUT2D eigenvalue weighted by atomic mass is 9.90. The molecule has 0 saturated heterocycles. The van der Waals surface area contributed by atoms with E-state index in [0.29, 0.717) is 5.56 Å². The molecule has 0 aromatic heterocycles. The van der Waals surface area contributed by atoms with Gasteiger partial charge in [-0.1, -0.05) is 53.5 Å². The van der Waals surface area contributed by atoms with Crippen LogP contribution in [0.1, 0.15) is 12.0 Å². The zero-order chi connectivity index (χ0) is 24.7. The first kappa shape index (κ1) is 24.3. The van der Waals surface area contributed by atoms with Crippen LogP contribution in [-0.2, 0) is 24.7 Å². The molecule has 3 aromatic carbocycles. The first-order chi connectivity index (χ1) is 15.9. The molecule has 0 spiro atoms. The Labute approximate surface area is 201 Å². The van der Waals surface area contributed by atoms with Crippen molar-refractivity contribution < 1.29 is 35.0 Å². The van der Waals surface area contributed by atoms with Gasteiger partial charge in [-0.3, -0.25) is 0 Å². The van der Waals surface area contributed by atoms with Crippen LogP contribution in [0, 0.1) is 5.82 Å². The zero-order valence-corrected chi connectivity index (χ0v) is 19.1. The van der Waals surface area contributed by atoms with E-state index in [0.717, 1.165) is 30.3 Å². The number of rotatable bonds is 4. The fraction of sp³-hybridized carbons (Fsp3) is 0.136. The molecule has 1 heterocycles. The highest BCUT2D eigenvalue weighted by molar-refractivity contribution is 7.87. The van der Waals surface area contributed by atoms with Gasteiger partial charge in [-0.2, -0.15) is 21.6 Å². The molecule has 0 N–H and O–H groups in total. The van der Waals surface area contributed by atoms with Crippen LogP contribution < -0.4 is 0 Å². The number of nitrogens with zero attached hydrogens (tertiary/aromatic N) is 1. The van der Waals surface area contributed by atoms with Crippen LogP contribution in [0.25, 0.3) is 11.1 Å². The monoisotopic (exact) mass is 533 g/mol. The quantitative estimate of drug-likeness (QED) is 0.276. The fourth-order valence-corrected chi connectivity index (χ4v) is 5.08. The van der Waals surface area contributed by atoms with Crippen LogP contribution in [0.3, 0.4) is 0 Å². The smallest absolute Gasteiger partial charge is 0.371 e. The first-order valence-corrected chi connectivity index (χ1v) is 11.7. The normalized spacial score (nSPS) is 18.4. The van der Waals surface area contributed by atoms with Crippen LogP contribution in [0.15, 0.2) is 76.8 Å². The van der Waals surface area contributed by atoms with Gasteiger partial charge in [0.05, 0.1) is 6.42 Å². The maximum atomic E-state index is 14.1. The molecule has 0 saturated carbocycles. The Kier molecular flexibility index (Phi) is 6.26. The Morgan fingerprint density at radius 3 is 2.24 bits per heavy atom. The van der Waals surface area contributed by atoms with Crippen molar-refractivity contribution in [1.82, 2.24) is 0 Å². The highest BCUT2D eigenvalue weighted by atomic mass is 35.5. The van der Waals surface area contributed by atoms with E-state index in [1.807, 2.05) is 0 Å². The second-order valence-corrected chi connectivity index (χ2v) is 9.67. The summed E-state index contributed by atoms with van der Waals surface area (Å²) in [6.45, 7) is 0. The van der Waals surface area contributed by atoms with Gasteiger partial charge < -0.3 is 9.02 Å². The van der Waals surface area contributed by atoms with E-state index < -0.39 is 50.5 Å². The number of benzene rings is 3. The predicted octanol–water partition coefficient (Wildman–Crippen LogP) is 6.70. The summed E-state index contributed by atoms with van der Waals surface area (Å²) in [6, 6.07) is 14.0. The van der Waals surface area contributed by atoms with Crippen molar-refractivity contribution in [3.63, 3.8) is 0 Å². The molecule has 178 valence electrons. The lowest BCUT2D eigenvalue weighted by Crippen LogP contribution is -2.43. The molecule has 0 amide bonds. The minimum absolute atomic E-state index is 0.0381. The Morgan fingerprint density at radius 1 is 0.971 bits per heavy atom.